The molecule has 0 aliphatic heterocycles. The number of hydrogen-bond donors (Lipinski definition) is 3. The van der Waals surface area contributed by atoms with E-state index in [-0.39, 0.29) is 11.9 Å². The smallest absolute Gasteiger partial charge is 0.277 e. The Labute approximate surface area is 97.4 Å². The van der Waals surface area contributed by atoms with E-state index in [0.717, 1.165) is 6.42 Å². The summed E-state index contributed by atoms with van der Waals surface area (Å²) in [6, 6.07) is -0.114. The van der Waals surface area contributed by atoms with Gasteiger partial charge >= 0.3 is 0 Å². The highest BCUT2D eigenvalue weighted by atomic mass is 32.2. The second-order valence-corrected chi connectivity index (χ2v) is 5.39. The van der Waals surface area contributed by atoms with Crippen LogP contribution < -0.4 is 14.8 Å². The van der Waals surface area contributed by atoms with Crippen LogP contribution in [0.5, 0.6) is 0 Å². The van der Waals surface area contributed by atoms with Crippen molar-refractivity contribution in [3.8, 4) is 0 Å². The van der Waals surface area contributed by atoms with Crippen LogP contribution in [0.2, 0.25) is 0 Å². The zero-order valence-corrected chi connectivity index (χ0v) is 10.9. The number of amides is 1. The maximum atomic E-state index is 11.3. The first-order chi connectivity index (χ1) is 7.33. The predicted octanol–water partition coefficient (Wildman–Crippen LogP) is -0.265. The van der Waals surface area contributed by atoms with E-state index >= 15 is 0 Å². The normalized spacial score (nSPS) is 11.8. The van der Waals surface area contributed by atoms with Crippen LogP contribution in [-0.2, 0) is 15.0 Å². The van der Waals surface area contributed by atoms with Crippen LogP contribution in [0.25, 0.3) is 0 Å². The summed E-state index contributed by atoms with van der Waals surface area (Å²) in [5, 5.41) is 2.64. The molecular formula is C9H21N3O3S. The lowest BCUT2D eigenvalue weighted by atomic mass is 10.3. The maximum Gasteiger partial charge on any atom is 0.277 e. The highest BCUT2D eigenvalue weighted by molar-refractivity contribution is 7.87. The number of hydrogen-bond acceptors (Lipinski definition) is 3. The van der Waals surface area contributed by atoms with Crippen molar-refractivity contribution in [2.24, 2.45) is 0 Å². The van der Waals surface area contributed by atoms with Crippen molar-refractivity contribution in [3.05, 3.63) is 0 Å². The minimum absolute atomic E-state index is 0.0675. The van der Waals surface area contributed by atoms with Crippen LogP contribution in [0.15, 0.2) is 0 Å². The van der Waals surface area contributed by atoms with E-state index < -0.39 is 10.2 Å². The third kappa shape index (κ3) is 9.88. The first-order valence-corrected chi connectivity index (χ1v) is 6.83. The first kappa shape index (κ1) is 15.3. The Morgan fingerprint density at radius 3 is 2.25 bits per heavy atom. The topological polar surface area (TPSA) is 87.3 Å². The predicted molar refractivity (Wildman–Crippen MR) is 63.1 cm³/mol. The average molecular weight is 251 g/mol. The molecule has 0 fully saturated rings. The summed E-state index contributed by atoms with van der Waals surface area (Å²) in [6.07, 6.45) is 1.45. The highest BCUT2D eigenvalue weighted by Gasteiger charge is 2.09. The Kier molecular flexibility index (Phi) is 7.27. The van der Waals surface area contributed by atoms with E-state index in [1.807, 2.05) is 0 Å². The third-order valence-electron chi connectivity index (χ3n) is 1.66. The first-order valence-electron chi connectivity index (χ1n) is 5.35. The number of nitrogens with one attached hydrogen (secondary N) is 3. The quantitative estimate of drug-likeness (QED) is 0.519. The molecule has 0 aromatic carbocycles. The fourth-order valence-electron chi connectivity index (χ4n) is 1.07. The lowest BCUT2D eigenvalue weighted by Crippen LogP contribution is -2.40. The number of unbranched alkanes of at least 4 members (excludes halogenated alkanes) is 1. The standard InChI is InChI=1S/C9H21N3O3S/c1-8(2)12-16(14,15)11-7-5-4-6-10-9(3)13/h8,11-12H,4-7H2,1-3H3,(H,10,13). The van der Waals surface area contributed by atoms with Gasteiger partial charge in [-0.15, -0.1) is 0 Å². The molecule has 0 rings (SSSR count). The fraction of sp³-hybridized carbons (Fsp3) is 0.889. The van der Waals surface area contributed by atoms with Crippen molar-refractivity contribution < 1.29 is 13.2 Å². The molecule has 7 heteroatoms. The van der Waals surface area contributed by atoms with Gasteiger partial charge in [-0.3, -0.25) is 4.79 Å². The van der Waals surface area contributed by atoms with E-state index in [9.17, 15) is 13.2 Å². The Hall–Kier alpha value is -0.660. The number of carbonyl (C=O) groups is 1. The van der Waals surface area contributed by atoms with Crippen LogP contribution >= 0.6 is 0 Å². The summed E-state index contributed by atoms with van der Waals surface area (Å²) in [5.74, 6) is -0.0675. The molecule has 0 atom stereocenters. The van der Waals surface area contributed by atoms with Crippen LogP contribution in [0.1, 0.15) is 33.6 Å². The largest absolute Gasteiger partial charge is 0.356 e. The molecule has 0 aliphatic carbocycles. The summed E-state index contributed by atoms with van der Waals surface area (Å²) < 4.78 is 27.4. The maximum absolute atomic E-state index is 11.3. The van der Waals surface area contributed by atoms with Crippen molar-refractivity contribution >= 4 is 16.1 Å². The van der Waals surface area contributed by atoms with E-state index in [0.29, 0.717) is 19.5 Å². The van der Waals surface area contributed by atoms with Gasteiger partial charge in [-0.05, 0) is 26.7 Å². The molecule has 6 nitrogen and oxygen atoms in total. The van der Waals surface area contributed by atoms with Gasteiger partial charge in [-0.25, -0.2) is 4.72 Å². The molecule has 1 amide bonds. The fourth-order valence-corrected chi connectivity index (χ4v) is 2.19. The average Bonchev–Trinajstić information content (AvgIpc) is 2.08. The zero-order valence-electron chi connectivity index (χ0n) is 10.0. The molecule has 0 aromatic rings. The van der Waals surface area contributed by atoms with Gasteiger partial charge in [0.25, 0.3) is 10.2 Å². The van der Waals surface area contributed by atoms with Gasteiger partial charge in [-0.1, -0.05) is 0 Å². The van der Waals surface area contributed by atoms with Crippen molar-refractivity contribution in [1.82, 2.24) is 14.8 Å². The van der Waals surface area contributed by atoms with Crippen LogP contribution in [0, 0.1) is 0 Å². The molecule has 0 bridgehead atoms. The van der Waals surface area contributed by atoms with Gasteiger partial charge in [0.2, 0.25) is 5.91 Å². The van der Waals surface area contributed by atoms with E-state index in [2.05, 4.69) is 14.8 Å². The summed E-state index contributed by atoms with van der Waals surface area (Å²) in [6.45, 7) is 5.93. The highest BCUT2D eigenvalue weighted by Crippen LogP contribution is 1.88. The SMILES string of the molecule is CC(=O)NCCCCNS(=O)(=O)NC(C)C. The van der Waals surface area contributed by atoms with Gasteiger partial charge < -0.3 is 5.32 Å². The van der Waals surface area contributed by atoms with Crippen LogP contribution in [-0.4, -0.2) is 33.5 Å². The van der Waals surface area contributed by atoms with Gasteiger partial charge in [0.05, 0.1) is 0 Å². The van der Waals surface area contributed by atoms with E-state index in [4.69, 9.17) is 0 Å². The summed E-state index contributed by atoms with van der Waals surface area (Å²) in [5.41, 5.74) is 0. The monoisotopic (exact) mass is 251 g/mol. The van der Waals surface area contributed by atoms with E-state index in [1.165, 1.54) is 6.92 Å². The number of rotatable bonds is 8. The van der Waals surface area contributed by atoms with Crippen molar-refractivity contribution in [3.63, 3.8) is 0 Å². The van der Waals surface area contributed by atoms with Crippen molar-refractivity contribution in [2.45, 2.75) is 39.7 Å². The Bertz CT molecular complexity index is 301. The molecule has 0 radical (unpaired) electrons. The van der Waals surface area contributed by atoms with Gasteiger partial charge in [0.15, 0.2) is 0 Å². The molecule has 0 unspecified atom stereocenters. The Morgan fingerprint density at radius 1 is 1.19 bits per heavy atom. The van der Waals surface area contributed by atoms with E-state index in [1.54, 1.807) is 13.8 Å². The van der Waals surface area contributed by atoms with Gasteiger partial charge in [0, 0.05) is 26.1 Å². The molecule has 16 heavy (non-hydrogen) atoms. The minimum atomic E-state index is -3.37. The molecule has 96 valence electrons. The van der Waals surface area contributed by atoms with Crippen LogP contribution in [0.3, 0.4) is 0 Å². The molecule has 0 saturated carbocycles. The molecule has 0 saturated heterocycles. The summed E-state index contributed by atoms with van der Waals surface area (Å²) in [4.78, 5) is 10.5. The lowest BCUT2D eigenvalue weighted by Gasteiger charge is -2.10. The molecule has 0 aromatic heterocycles. The Balaban J connectivity index is 3.55. The molecular weight excluding hydrogens is 230 g/mol. The summed E-state index contributed by atoms with van der Waals surface area (Å²) in [7, 11) is -3.37. The third-order valence-corrected chi connectivity index (χ3v) is 3.03. The molecule has 0 aliphatic rings. The van der Waals surface area contributed by atoms with Gasteiger partial charge in [0.1, 0.15) is 0 Å². The number of carbonyl (C=O) groups excluding carboxylic acids is 1. The van der Waals surface area contributed by atoms with Gasteiger partial charge in [-0.2, -0.15) is 13.1 Å². The second kappa shape index (κ2) is 7.59. The Morgan fingerprint density at radius 2 is 1.75 bits per heavy atom. The molecule has 0 heterocycles. The zero-order chi connectivity index (χ0) is 12.6. The summed E-state index contributed by atoms with van der Waals surface area (Å²) >= 11 is 0. The van der Waals surface area contributed by atoms with Crippen LogP contribution in [0.4, 0.5) is 0 Å². The van der Waals surface area contributed by atoms with Crippen molar-refractivity contribution in [1.29, 1.82) is 0 Å². The molecule has 0 spiro atoms. The molecule has 3 N–H and O–H groups in total. The van der Waals surface area contributed by atoms with Crippen molar-refractivity contribution in [2.75, 3.05) is 13.1 Å². The minimum Gasteiger partial charge on any atom is -0.356 e. The lowest BCUT2D eigenvalue weighted by molar-refractivity contribution is -0.118. The second-order valence-electron chi connectivity index (χ2n) is 3.86.